The lowest BCUT2D eigenvalue weighted by Gasteiger charge is -2.23. The topological polar surface area (TPSA) is 80.5 Å². The van der Waals surface area contributed by atoms with Gasteiger partial charge in [-0.2, -0.15) is 0 Å². The Labute approximate surface area is 90.5 Å². The summed E-state index contributed by atoms with van der Waals surface area (Å²) in [5, 5.41) is 0. The van der Waals surface area contributed by atoms with Crippen molar-refractivity contribution in [3.8, 4) is 0 Å². The van der Waals surface area contributed by atoms with Crippen LogP contribution in [0.2, 0.25) is 0 Å². The van der Waals surface area contributed by atoms with Gasteiger partial charge in [0.25, 0.3) is 0 Å². The van der Waals surface area contributed by atoms with E-state index in [1.165, 1.54) is 6.26 Å². The summed E-state index contributed by atoms with van der Waals surface area (Å²) < 4.78 is 22.0. The van der Waals surface area contributed by atoms with E-state index in [9.17, 15) is 13.2 Å². The Morgan fingerprint density at radius 1 is 1.53 bits per heavy atom. The van der Waals surface area contributed by atoms with E-state index >= 15 is 0 Å². The van der Waals surface area contributed by atoms with Gasteiger partial charge in [-0.15, -0.1) is 0 Å². The van der Waals surface area contributed by atoms with Crippen molar-refractivity contribution in [3.63, 3.8) is 0 Å². The molecule has 0 saturated heterocycles. The van der Waals surface area contributed by atoms with Gasteiger partial charge in [-0.25, -0.2) is 8.42 Å². The average molecular weight is 234 g/mol. The van der Waals surface area contributed by atoms with Gasteiger partial charge in [0.15, 0.2) is 0 Å². The van der Waals surface area contributed by atoms with Crippen molar-refractivity contribution in [2.24, 2.45) is 5.73 Å². The van der Waals surface area contributed by atoms with Gasteiger partial charge in [0.05, 0.1) is 11.8 Å². The van der Waals surface area contributed by atoms with Crippen LogP contribution in [0, 0.1) is 0 Å². The molecule has 1 fully saturated rings. The zero-order valence-electron chi connectivity index (χ0n) is 9.14. The Balaban J connectivity index is 2.55. The Bertz CT molecular complexity index is 333. The highest BCUT2D eigenvalue weighted by atomic mass is 32.2. The third-order valence-electron chi connectivity index (χ3n) is 2.36. The van der Waals surface area contributed by atoms with E-state index in [1.54, 1.807) is 11.8 Å². The lowest BCUT2D eigenvalue weighted by molar-refractivity contribution is -0.132. The molecular formula is C9H18N2O3S. The molecular weight excluding hydrogens is 216 g/mol. The smallest absolute Gasteiger partial charge is 0.239 e. The fraction of sp³-hybridized carbons (Fsp3) is 0.889. The molecule has 0 aromatic rings. The van der Waals surface area contributed by atoms with Gasteiger partial charge in [-0.1, -0.05) is 0 Å². The summed E-state index contributed by atoms with van der Waals surface area (Å²) in [7, 11) is -3.02. The minimum atomic E-state index is -3.02. The number of hydrogen-bond acceptors (Lipinski definition) is 4. The first-order chi connectivity index (χ1) is 6.81. The van der Waals surface area contributed by atoms with Crippen LogP contribution in [-0.4, -0.2) is 49.9 Å². The number of carbonyl (C=O) groups is 1. The van der Waals surface area contributed by atoms with E-state index in [0.29, 0.717) is 0 Å². The molecule has 1 amide bonds. The summed E-state index contributed by atoms with van der Waals surface area (Å²) in [6, 6.07) is -0.338. The van der Waals surface area contributed by atoms with Crippen LogP contribution in [0.1, 0.15) is 19.8 Å². The maximum absolute atomic E-state index is 11.6. The second-order valence-electron chi connectivity index (χ2n) is 4.18. The summed E-state index contributed by atoms with van der Waals surface area (Å²) >= 11 is 0. The molecule has 2 N–H and O–H groups in total. The first-order valence-corrected chi connectivity index (χ1v) is 7.11. The van der Waals surface area contributed by atoms with Crippen LogP contribution in [0.15, 0.2) is 0 Å². The SMILES string of the molecule is CC(N)C(=O)N(CCS(C)(=O)=O)C1CC1. The van der Waals surface area contributed by atoms with Crippen molar-refractivity contribution in [1.82, 2.24) is 4.90 Å². The molecule has 0 bridgehead atoms. The Kier molecular flexibility index (Phi) is 3.72. The van der Waals surface area contributed by atoms with Crippen molar-refractivity contribution < 1.29 is 13.2 Å². The van der Waals surface area contributed by atoms with Crippen molar-refractivity contribution in [2.75, 3.05) is 18.6 Å². The maximum atomic E-state index is 11.6. The van der Waals surface area contributed by atoms with E-state index < -0.39 is 15.9 Å². The highest BCUT2D eigenvalue weighted by molar-refractivity contribution is 7.90. The minimum absolute atomic E-state index is 0.0158. The Hall–Kier alpha value is -0.620. The van der Waals surface area contributed by atoms with Gasteiger partial charge < -0.3 is 10.6 Å². The van der Waals surface area contributed by atoms with Gasteiger partial charge in [0, 0.05) is 18.8 Å². The molecule has 5 nitrogen and oxygen atoms in total. The third-order valence-corrected chi connectivity index (χ3v) is 3.29. The monoisotopic (exact) mass is 234 g/mol. The van der Waals surface area contributed by atoms with Gasteiger partial charge in [-0.05, 0) is 19.8 Å². The number of rotatable bonds is 5. The van der Waals surface area contributed by atoms with E-state index in [4.69, 9.17) is 5.73 Å². The number of carbonyl (C=O) groups excluding carboxylic acids is 1. The molecule has 1 unspecified atom stereocenters. The minimum Gasteiger partial charge on any atom is -0.337 e. The molecule has 1 rings (SSSR count). The highest BCUT2D eigenvalue weighted by Crippen LogP contribution is 2.27. The standard InChI is InChI=1S/C9H18N2O3S/c1-7(10)9(12)11(8-3-4-8)5-6-15(2,13)14/h7-8H,3-6,10H2,1-2H3. The molecule has 1 aliphatic carbocycles. The summed E-state index contributed by atoms with van der Waals surface area (Å²) in [6.07, 6.45) is 3.10. The van der Waals surface area contributed by atoms with Crippen molar-refractivity contribution >= 4 is 15.7 Å². The van der Waals surface area contributed by atoms with Crippen molar-refractivity contribution in [3.05, 3.63) is 0 Å². The molecule has 15 heavy (non-hydrogen) atoms. The van der Waals surface area contributed by atoms with Gasteiger partial charge in [0.1, 0.15) is 9.84 Å². The lowest BCUT2D eigenvalue weighted by atomic mass is 10.3. The molecule has 0 aliphatic heterocycles. The summed E-state index contributed by atoms with van der Waals surface area (Å²) in [5.74, 6) is -0.136. The number of sulfone groups is 1. The third kappa shape index (κ3) is 4.17. The molecule has 1 atom stereocenters. The predicted molar refractivity (Wildman–Crippen MR) is 58.1 cm³/mol. The Morgan fingerprint density at radius 2 is 2.07 bits per heavy atom. The molecule has 1 saturated carbocycles. The molecule has 0 radical (unpaired) electrons. The summed E-state index contributed by atoms with van der Waals surface area (Å²) in [4.78, 5) is 13.3. The first-order valence-electron chi connectivity index (χ1n) is 5.05. The van der Waals surface area contributed by atoms with Gasteiger partial charge >= 0.3 is 0 Å². The molecule has 0 aromatic heterocycles. The normalized spacial score (nSPS) is 18.6. The first kappa shape index (κ1) is 12.4. The fourth-order valence-electron chi connectivity index (χ4n) is 1.38. The van der Waals surface area contributed by atoms with E-state index in [-0.39, 0.29) is 24.2 Å². The van der Waals surface area contributed by atoms with Crippen molar-refractivity contribution in [2.45, 2.75) is 31.8 Å². The van der Waals surface area contributed by atoms with Crippen LogP contribution in [0.5, 0.6) is 0 Å². The van der Waals surface area contributed by atoms with Gasteiger partial charge in [0.2, 0.25) is 5.91 Å². The zero-order chi connectivity index (χ0) is 11.6. The number of amides is 1. The maximum Gasteiger partial charge on any atom is 0.239 e. The van der Waals surface area contributed by atoms with Crippen molar-refractivity contribution in [1.29, 1.82) is 0 Å². The summed E-state index contributed by atoms with van der Waals surface area (Å²) in [6.45, 7) is 1.89. The second kappa shape index (κ2) is 4.49. The highest BCUT2D eigenvalue weighted by Gasteiger charge is 2.33. The average Bonchev–Trinajstić information content (AvgIpc) is 2.85. The predicted octanol–water partition coefficient (Wildman–Crippen LogP) is -0.631. The second-order valence-corrected chi connectivity index (χ2v) is 6.44. The molecule has 0 spiro atoms. The zero-order valence-corrected chi connectivity index (χ0v) is 9.96. The van der Waals surface area contributed by atoms with Crippen LogP contribution >= 0.6 is 0 Å². The summed E-state index contributed by atoms with van der Waals surface area (Å²) in [5.41, 5.74) is 5.50. The number of nitrogens with two attached hydrogens (primary N) is 1. The molecule has 6 heteroatoms. The van der Waals surface area contributed by atoms with Crippen LogP contribution in [0.25, 0.3) is 0 Å². The van der Waals surface area contributed by atoms with E-state index in [1.807, 2.05) is 0 Å². The molecule has 0 aromatic carbocycles. The molecule has 1 aliphatic rings. The van der Waals surface area contributed by atoms with Gasteiger partial charge in [-0.3, -0.25) is 4.79 Å². The lowest BCUT2D eigenvalue weighted by Crippen LogP contribution is -2.45. The molecule has 88 valence electrons. The number of nitrogens with zero attached hydrogens (tertiary/aromatic N) is 1. The van der Waals surface area contributed by atoms with Crippen LogP contribution in [0.3, 0.4) is 0 Å². The Morgan fingerprint density at radius 3 is 2.40 bits per heavy atom. The van der Waals surface area contributed by atoms with E-state index in [0.717, 1.165) is 12.8 Å². The van der Waals surface area contributed by atoms with Crippen LogP contribution < -0.4 is 5.73 Å². The molecule has 0 heterocycles. The van der Waals surface area contributed by atoms with Crippen LogP contribution in [0.4, 0.5) is 0 Å². The van der Waals surface area contributed by atoms with E-state index in [2.05, 4.69) is 0 Å². The quantitative estimate of drug-likeness (QED) is 0.686. The van der Waals surface area contributed by atoms with Crippen LogP contribution in [-0.2, 0) is 14.6 Å². The largest absolute Gasteiger partial charge is 0.337 e. The fourth-order valence-corrected chi connectivity index (χ4v) is 1.91. The number of hydrogen-bond donors (Lipinski definition) is 1.